The van der Waals surface area contributed by atoms with Crippen LogP contribution >= 0.6 is 0 Å². The topological polar surface area (TPSA) is 70.6 Å². The Balaban J connectivity index is 3.70. The summed E-state index contributed by atoms with van der Waals surface area (Å²) in [6.07, 6.45) is 1.65. The van der Waals surface area contributed by atoms with E-state index in [1.807, 2.05) is 13.8 Å². The molecule has 0 rings (SSSR count). The van der Waals surface area contributed by atoms with Crippen molar-refractivity contribution in [2.75, 3.05) is 26.8 Å². The molecule has 0 fully saturated rings. The first-order valence-electron chi connectivity index (χ1n) is 6.12. The average molecular weight is 246 g/mol. The number of methoxy groups -OCH3 is 1. The zero-order chi connectivity index (χ0) is 13.3. The van der Waals surface area contributed by atoms with Gasteiger partial charge in [0.25, 0.3) is 0 Å². The number of hydrogen-bond acceptors (Lipinski definition) is 4. The van der Waals surface area contributed by atoms with Crippen molar-refractivity contribution in [2.45, 2.75) is 45.3 Å². The van der Waals surface area contributed by atoms with Gasteiger partial charge in [-0.3, -0.25) is 4.79 Å². The van der Waals surface area contributed by atoms with E-state index in [0.29, 0.717) is 13.2 Å². The molecule has 0 aromatic carbocycles. The summed E-state index contributed by atoms with van der Waals surface area (Å²) in [5.41, 5.74) is -0.743. The quantitative estimate of drug-likeness (QED) is 0.546. The lowest BCUT2D eigenvalue weighted by molar-refractivity contribution is -0.121. The molecule has 0 aromatic heterocycles. The maximum atomic E-state index is 11.5. The van der Waals surface area contributed by atoms with E-state index in [9.17, 15) is 9.90 Å². The van der Waals surface area contributed by atoms with Crippen molar-refractivity contribution in [3.63, 3.8) is 0 Å². The van der Waals surface area contributed by atoms with Crippen molar-refractivity contribution in [3.05, 3.63) is 0 Å². The number of amides is 1. The van der Waals surface area contributed by atoms with Crippen LogP contribution in [0.3, 0.4) is 0 Å². The Kier molecular flexibility index (Phi) is 8.12. The highest BCUT2D eigenvalue weighted by Gasteiger charge is 2.18. The molecule has 2 unspecified atom stereocenters. The lowest BCUT2D eigenvalue weighted by atomic mass is 10.0. The Morgan fingerprint density at radius 2 is 2.18 bits per heavy atom. The normalized spacial score (nSPS) is 16.3. The van der Waals surface area contributed by atoms with Crippen molar-refractivity contribution >= 4 is 5.91 Å². The van der Waals surface area contributed by atoms with Crippen molar-refractivity contribution in [2.24, 2.45) is 0 Å². The van der Waals surface area contributed by atoms with Crippen molar-refractivity contribution < 1.29 is 14.6 Å². The number of nitrogens with one attached hydrogen (secondary N) is 2. The summed E-state index contributed by atoms with van der Waals surface area (Å²) in [5.74, 6) is -0.0816. The highest BCUT2D eigenvalue weighted by Crippen LogP contribution is 2.09. The van der Waals surface area contributed by atoms with Gasteiger partial charge in [0.15, 0.2) is 0 Å². The summed E-state index contributed by atoms with van der Waals surface area (Å²) < 4.78 is 4.92. The predicted molar refractivity (Wildman–Crippen MR) is 67.9 cm³/mol. The van der Waals surface area contributed by atoms with Gasteiger partial charge in [0.2, 0.25) is 5.91 Å². The van der Waals surface area contributed by atoms with E-state index in [-0.39, 0.29) is 18.5 Å². The van der Waals surface area contributed by atoms with Crippen LogP contribution in [0.1, 0.15) is 33.6 Å². The van der Waals surface area contributed by atoms with E-state index >= 15 is 0 Å². The first-order valence-corrected chi connectivity index (χ1v) is 6.12. The molecule has 0 aliphatic heterocycles. The summed E-state index contributed by atoms with van der Waals surface area (Å²) in [7, 11) is 1.60. The molecule has 0 aliphatic rings. The molecule has 5 nitrogen and oxygen atoms in total. The van der Waals surface area contributed by atoms with Crippen LogP contribution in [0.25, 0.3) is 0 Å². The minimum Gasteiger partial charge on any atom is -0.389 e. The fraction of sp³-hybridized carbons (Fsp3) is 0.917. The maximum Gasteiger partial charge on any atom is 0.234 e. The number of ether oxygens (including phenoxy) is 1. The number of rotatable bonds is 9. The van der Waals surface area contributed by atoms with Crippen molar-refractivity contribution in [3.8, 4) is 0 Å². The smallest absolute Gasteiger partial charge is 0.234 e. The van der Waals surface area contributed by atoms with Crippen molar-refractivity contribution in [1.82, 2.24) is 10.6 Å². The van der Waals surface area contributed by atoms with Gasteiger partial charge in [-0.1, -0.05) is 13.3 Å². The Hall–Kier alpha value is -0.650. The van der Waals surface area contributed by atoms with Crippen LogP contribution in [0, 0.1) is 0 Å². The Morgan fingerprint density at radius 3 is 2.71 bits per heavy atom. The SMILES string of the molecule is CCCC(C)(O)CNCC(=O)NC(C)COC. The second-order valence-electron chi connectivity index (χ2n) is 4.77. The van der Waals surface area contributed by atoms with Gasteiger partial charge in [0, 0.05) is 19.7 Å². The second-order valence-corrected chi connectivity index (χ2v) is 4.77. The summed E-state index contributed by atoms with van der Waals surface area (Å²) in [6.45, 7) is 6.82. The molecule has 0 aliphatic carbocycles. The third kappa shape index (κ3) is 9.09. The van der Waals surface area contributed by atoms with Gasteiger partial charge in [-0.15, -0.1) is 0 Å². The van der Waals surface area contributed by atoms with Gasteiger partial charge < -0.3 is 20.5 Å². The van der Waals surface area contributed by atoms with E-state index < -0.39 is 5.60 Å². The molecule has 0 saturated heterocycles. The molecular formula is C12H26N2O3. The Morgan fingerprint density at radius 1 is 1.53 bits per heavy atom. The van der Waals surface area contributed by atoms with Gasteiger partial charge in [0.1, 0.15) is 0 Å². The van der Waals surface area contributed by atoms with Crippen LogP contribution < -0.4 is 10.6 Å². The van der Waals surface area contributed by atoms with E-state index in [1.165, 1.54) is 0 Å². The molecule has 0 bridgehead atoms. The predicted octanol–water partition coefficient (Wildman–Crippen LogP) is 0.278. The highest BCUT2D eigenvalue weighted by molar-refractivity contribution is 5.78. The molecule has 5 heteroatoms. The van der Waals surface area contributed by atoms with Crippen LogP contribution in [0.4, 0.5) is 0 Å². The third-order valence-corrected chi connectivity index (χ3v) is 2.40. The number of hydrogen-bond donors (Lipinski definition) is 3. The lowest BCUT2D eigenvalue weighted by Crippen LogP contribution is -2.45. The number of carbonyl (C=O) groups excluding carboxylic acids is 1. The van der Waals surface area contributed by atoms with Gasteiger partial charge in [0.05, 0.1) is 18.8 Å². The lowest BCUT2D eigenvalue weighted by Gasteiger charge is -2.23. The Labute approximate surface area is 104 Å². The van der Waals surface area contributed by atoms with Crippen LogP contribution in [0.15, 0.2) is 0 Å². The third-order valence-electron chi connectivity index (χ3n) is 2.40. The zero-order valence-corrected chi connectivity index (χ0v) is 11.4. The number of aliphatic hydroxyl groups is 1. The van der Waals surface area contributed by atoms with Crippen molar-refractivity contribution in [1.29, 1.82) is 0 Å². The van der Waals surface area contributed by atoms with Gasteiger partial charge in [-0.05, 0) is 20.3 Å². The molecular weight excluding hydrogens is 220 g/mol. The van der Waals surface area contributed by atoms with E-state index in [2.05, 4.69) is 10.6 Å². The molecule has 1 amide bonds. The summed E-state index contributed by atoms with van der Waals surface area (Å²) in [4.78, 5) is 11.5. The first kappa shape index (κ1) is 16.4. The molecule has 0 heterocycles. The minimum atomic E-state index is -0.743. The largest absolute Gasteiger partial charge is 0.389 e. The standard InChI is InChI=1S/C12H26N2O3/c1-5-6-12(3,16)9-13-7-11(15)14-10(2)8-17-4/h10,13,16H,5-9H2,1-4H3,(H,14,15). The van der Waals surface area contributed by atoms with Crippen LogP contribution in [-0.2, 0) is 9.53 Å². The monoisotopic (exact) mass is 246 g/mol. The van der Waals surface area contributed by atoms with E-state index in [4.69, 9.17) is 4.74 Å². The molecule has 0 spiro atoms. The van der Waals surface area contributed by atoms with E-state index in [1.54, 1.807) is 14.0 Å². The molecule has 102 valence electrons. The van der Waals surface area contributed by atoms with Crippen LogP contribution in [-0.4, -0.2) is 49.5 Å². The zero-order valence-electron chi connectivity index (χ0n) is 11.4. The first-order chi connectivity index (χ1) is 7.91. The van der Waals surface area contributed by atoms with Gasteiger partial charge >= 0.3 is 0 Å². The summed E-state index contributed by atoms with van der Waals surface area (Å²) in [6, 6.07) is 0.00505. The highest BCUT2D eigenvalue weighted by atomic mass is 16.5. The minimum absolute atomic E-state index is 0.00505. The summed E-state index contributed by atoms with van der Waals surface area (Å²) in [5, 5.41) is 15.6. The van der Waals surface area contributed by atoms with Gasteiger partial charge in [-0.25, -0.2) is 0 Å². The fourth-order valence-electron chi connectivity index (χ4n) is 1.69. The molecule has 0 radical (unpaired) electrons. The van der Waals surface area contributed by atoms with E-state index in [0.717, 1.165) is 12.8 Å². The van der Waals surface area contributed by atoms with Gasteiger partial charge in [-0.2, -0.15) is 0 Å². The molecule has 3 N–H and O–H groups in total. The second kappa shape index (κ2) is 8.44. The van der Waals surface area contributed by atoms with Crippen LogP contribution in [0.5, 0.6) is 0 Å². The molecule has 17 heavy (non-hydrogen) atoms. The van der Waals surface area contributed by atoms with Crippen LogP contribution in [0.2, 0.25) is 0 Å². The molecule has 0 aromatic rings. The Bertz CT molecular complexity index is 220. The average Bonchev–Trinajstić information content (AvgIpc) is 2.16. The fourth-order valence-corrected chi connectivity index (χ4v) is 1.69. The summed E-state index contributed by atoms with van der Waals surface area (Å²) >= 11 is 0. The number of carbonyl (C=O) groups is 1. The maximum absolute atomic E-state index is 11.5. The molecule has 0 saturated carbocycles. The molecule has 2 atom stereocenters.